The van der Waals surface area contributed by atoms with Crippen LogP contribution in [-0.2, 0) is 15.8 Å². The Bertz CT molecular complexity index is 635. The number of halogens is 3. The quantitative estimate of drug-likeness (QED) is 0.811. The van der Waals surface area contributed by atoms with Gasteiger partial charge in [-0.05, 0) is 24.1 Å². The predicted octanol–water partition coefficient (Wildman–Crippen LogP) is 2.93. The molecule has 0 fully saturated rings. The van der Waals surface area contributed by atoms with Crippen LogP contribution >= 0.6 is 0 Å². The number of alkyl halides is 3. The number of hydrogen-bond donors (Lipinski definition) is 1. The molecule has 1 aliphatic heterocycles. The average molecular weight is 299 g/mol. The van der Waals surface area contributed by atoms with Gasteiger partial charge in [-0.3, -0.25) is 4.79 Å². The molecule has 0 unspecified atom stereocenters. The van der Waals surface area contributed by atoms with Gasteiger partial charge in [0.05, 0.1) is 11.3 Å². The Morgan fingerprint density at radius 2 is 2.00 bits per heavy atom. The summed E-state index contributed by atoms with van der Waals surface area (Å²) in [6.07, 6.45) is -3.28. The molecule has 0 saturated carbocycles. The number of carboxylic acids is 1. The first-order valence-electron chi connectivity index (χ1n) is 6.13. The summed E-state index contributed by atoms with van der Waals surface area (Å²) in [5.41, 5.74) is -0.0317. The van der Waals surface area contributed by atoms with E-state index in [2.05, 4.69) is 0 Å². The number of anilines is 1. The molecule has 0 bridgehead atoms. The summed E-state index contributed by atoms with van der Waals surface area (Å²) >= 11 is 0. The van der Waals surface area contributed by atoms with Crippen LogP contribution in [0.4, 0.5) is 18.9 Å². The van der Waals surface area contributed by atoms with Crippen molar-refractivity contribution in [3.63, 3.8) is 0 Å². The van der Waals surface area contributed by atoms with Crippen LogP contribution in [0.25, 0.3) is 5.57 Å². The number of fused-ring (bicyclic) bond motifs is 1. The number of amides is 1. The van der Waals surface area contributed by atoms with E-state index in [0.29, 0.717) is 11.1 Å². The molecule has 0 spiro atoms. The minimum atomic E-state index is -4.52. The molecule has 1 aliphatic rings. The second kappa shape index (κ2) is 5.23. The van der Waals surface area contributed by atoms with Crippen LogP contribution in [0.5, 0.6) is 0 Å². The molecular weight excluding hydrogens is 287 g/mol. The van der Waals surface area contributed by atoms with Crippen molar-refractivity contribution < 1.29 is 27.9 Å². The molecule has 1 amide bonds. The molecule has 1 heterocycles. The second-order valence-corrected chi connectivity index (χ2v) is 4.66. The summed E-state index contributed by atoms with van der Waals surface area (Å²) < 4.78 is 38.3. The minimum Gasteiger partial charge on any atom is -0.478 e. The maximum absolute atomic E-state index is 12.8. The Labute approximate surface area is 118 Å². The van der Waals surface area contributed by atoms with Gasteiger partial charge in [0, 0.05) is 25.1 Å². The molecule has 1 N–H and O–H groups in total. The van der Waals surface area contributed by atoms with E-state index < -0.39 is 17.7 Å². The number of aliphatic carboxylic acids is 1. The summed E-state index contributed by atoms with van der Waals surface area (Å²) in [7, 11) is 0. The topological polar surface area (TPSA) is 57.6 Å². The summed E-state index contributed by atoms with van der Waals surface area (Å²) in [5.74, 6) is -1.56. The number of hydrogen-bond acceptors (Lipinski definition) is 2. The molecule has 0 aromatic heterocycles. The SMILES string of the molecule is CC(=O)N1CC/C(=C\C(=O)O)c2ccc(C(F)(F)F)cc21. The van der Waals surface area contributed by atoms with E-state index in [4.69, 9.17) is 5.11 Å². The van der Waals surface area contributed by atoms with Gasteiger partial charge in [-0.2, -0.15) is 13.2 Å². The largest absolute Gasteiger partial charge is 0.478 e. The Hall–Kier alpha value is -2.31. The molecule has 0 aliphatic carbocycles. The van der Waals surface area contributed by atoms with Gasteiger partial charge in [0.25, 0.3) is 0 Å². The lowest BCUT2D eigenvalue weighted by Crippen LogP contribution is -2.33. The fraction of sp³-hybridized carbons (Fsp3) is 0.286. The van der Waals surface area contributed by atoms with Crippen LogP contribution in [0, 0.1) is 0 Å². The van der Waals surface area contributed by atoms with Crippen molar-refractivity contribution >= 4 is 23.1 Å². The molecular formula is C14H12F3NO3. The van der Waals surface area contributed by atoms with Gasteiger partial charge in [-0.15, -0.1) is 0 Å². The predicted molar refractivity (Wildman–Crippen MR) is 69.7 cm³/mol. The van der Waals surface area contributed by atoms with Crippen LogP contribution in [-0.4, -0.2) is 23.5 Å². The zero-order valence-corrected chi connectivity index (χ0v) is 11.1. The van der Waals surface area contributed by atoms with Gasteiger partial charge >= 0.3 is 12.1 Å². The van der Waals surface area contributed by atoms with Crippen molar-refractivity contribution in [2.75, 3.05) is 11.4 Å². The Morgan fingerprint density at radius 3 is 2.52 bits per heavy atom. The van der Waals surface area contributed by atoms with Gasteiger partial charge in [0.2, 0.25) is 5.91 Å². The molecule has 7 heteroatoms. The molecule has 0 atom stereocenters. The van der Waals surface area contributed by atoms with Crippen molar-refractivity contribution in [2.24, 2.45) is 0 Å². The normalized spacial score (nSPS) is 16.8. The van der Waals surface area contributed by atoms with Crippen LogP contribution in [0.15, 0.2) is 24.3 Å². The zero-order chi connectivity index (χ0) is 15.8. The molecule has 2 rings (SSSR count). The monoisotopic (exact) mass is 299 g/mol. The summed E-state index contributed by atoms with van der Waals surface area (Å²) in [4.78, 5) is 23.6. The molecule has 112 valence electrons. The van der Waals surface area contributed by atoms with E-state index in [-0.39, 0.29) is 24.6 Å². The zero-order valence-electron chi connectivity index (χ0n) is 11.1. The highest BCUT2D eigenvalue weighted by Crippen LogP contribution is 2.39. The highest BCUT2D eigenvalue weighted by atomic mass is 19.4. The number of carboxylic acid groups (broad SMARTS) is 1. The number of rotatable bonds is 1. The Kier molecular flexibility index (Phi) is 3.76. The number of carbonyl (C=O) groups excluding carboxylic acids is 1. The van der Waals surface area contributed by atoms with Crippen LogP contribution in [0.1, 0.15) is 24.5 Å². The first-order valence-corrected chi connectivity index (χ1v) is 6.13. The average Bonchev–Trinajstić information content (AvgIpc) is 2.36. The maximum Gasteiger partial charge on any atom is 0.416 e. The number of carbonyl (C=O) groups is 2. The number of benzene rings is 1. The third-order valence-corrected chi connectivity index (χ3v) is 3.24. The third kappa shape index (κ3) is 3.07. The fourth-order valence-corrected chi connectivity index (χ4v) is 2.32. The van der Waals surface area contributed by atoms with E-state index in [0.717, 1.165) is 18.2 Å². The van der Waals surface area contributed by atoms with E-state index in [9.17, 15) is 22.8 Å². The van der Waals surface area contributed by atoms with Crippen LogP contribution < -0.4 is 4.90 Å². The van der Waals surface area contributed by atoms with Gasteiger partial charge in [0.1, 0.15) is 0 Å². The highest BCUT2D eigenvalue weighted by molar-refractivity contribution is 6.00. The van der Waals surface area contributed by atoms with Gasteiger partial charge in [-0.25, -0.2) is 4.79 Å². The standard InChI is InChI=1S/C14H12F3NO3/c1-8(19)18-5-4-9(6-13(20)21)11-3-2-10(7-12(11)18)14(15,16)17/h2-3,6-7H,4-5H2,1H3,(H,20,21)/b9-6+. The number of nitrogens with zero attached hydrogens (tertiary/aromatic N) is 1. The lowest BCUT2D eigenvalue weighted by atomic mass is 9.93. The van der Waals surface area contributed by atoms with Crippen molar-refractivity contribution in [3.05, 3.63) is 35.4 Å². The summed E-state index contributed by atoms with van der Waals surface area (Å²) in [6, 6.07) is 2.98. The van der Waals surface area contributed by atoms with Gasteiger partial charge < -0.3 is 10.0 Å². The Morgan fingerprint density at radius 1 is 1.33 bits per heavy atom. The summed E-state index contributed by atoms with van der Waals surface area (Å²) in [6.45, 7) is 1.42. The molecule has 4 nitrogen and oxygen atoms in total. The van der Waals surface area contributed by atoms with Crippen molar-refractivity contribution in [3.8, 4) is 0 Å². The molecule has 21 heavy (non-hydrogen) atoms. The third-order valence-electron chi connectivity index (χ3n) is 3.24. The van der Waals surface area contributed by atoms with Crippen LogP contribution in [0.2, 0.25) is 0 Å². The molecule has 0 radical (unpaired) electrons. The lowest BCUT2D eigenvalue weighted by molar-refractivity contribution is -0.137. The first-order chi connectivity index (χ1) is 9.70. The first kappa shape index (κ1) is 15.1. The van der Waals surface area contributed by atoms with E-state index in [1.165, 1.54) is 17.9 Å². The van der Waals surface area contributed by atoms with Crippen LogP contribution in [0.3, 0.4) is 0 Å². The summed E-state index contributed by atoms with van der Waals surface area (Å²) in [5, 5.41) is 8.81. The Balaban J connectivity index is 2.61. The van der Waals surface area contributed by atoms with E-state index >= 15 is 0 Å². The fourth-order valence-electron chi connectivity index (χ4n) is 2.32. The van der Waals surface area contributed by atoms with Crippen molar-refractivity contribution in [2.45, 2.75) is 19.5 Å². The highest BCUT2D eigenvalue weighted by Gasteiger charge is 2.33. The van der Waals surface area contributed by atoms with Gasteiger partial charge in [-0.1, -0.05) is 6.07 Å². The van der Waals surface area contributed by atoms with E-state index in [1.54, 1.807) is 0 Å². The minimum absolute atomic E-state index is 0.0936. The van der Waals surface area contributed by atoms with Crippen molar-refractivity contribution in [1.29, 1.82) is 0 Å². The smallest absolute Gasteiger partial charge is 0.416 e. The van der Waals surface area contributed by atoms with E-state index in [1.807, 2.05) is 0 Å². The molecule has 1 aromatic carbocycles. The molecule has 1 aromatic rings. The lowest BCUT2D eigenvalue weighted by Gasteiger charge is -2.30. The molecule has 0 saturated heterocycles. The maximum atomic E-state index is 12.8. The van der Waals surface area contributed by atoms with Gasteiger partial charge in [0.15, 0.2) is 0 Å². The van der Waals surface area contributed by atoms with Crippen molar-refractivity contribution in [1.82, 2.24) is 0 Å². The second-order valence-electron chi connectivity index (χ2n) is 4.66.